The zero-order chi connectivity index (χ0) is 17.1. The van der Waals surface area contributed by atoms with Gasteiger partial charge in [0.1, 0.15) is 0 Å². The fourth-order valence-corrected chi connectivity index (χ4v) is 7.53. The highest BCUT2D eigenvalue weighted by atomic mass is 79.9. The highest BCUT2D eigenvalue weighted by Crippen LogP contribution is 2.66. The number of alkyl halides is 1. The molecule has 1 nitrogen and oxygen atoms in total. The van der Waals surface area contributed by atoms with E-state index in [1.165, 1.54) is 31.3 Å². The maximum absolute atomic E-state index is 11.9. The monoisotopic (exact) mass is 390 g/mol. The number of hydrogen-bond donors (Lipinski definition) is 0. The number of carbonyl (C=O) groups excluding carboxylic acids is 1. The molecule has 0 radical (unpaired) electrons. The van der Waals surface area contributed by atoms with Gasteiger partial charge in [0.25, 0.3) is 0 Å². The summed E-state index contributed by atoms with van der Waals surface area (Å²) in [5.74, 6) is 4.30. The molecule has 24 heavy (non-hydrogen) atoms. The summed E-state index contributed by atoms with van der Waals surface area (Å²) in [5, 5.41) is 1.14. The molecule has 0 heterocycles. The van der Waals surface area contributed by atoms with Crippen LogP contribution < -0.4 is 0 Å². The minimum atomic E-state index is 0.244. The second-order valence-electron chi connectivity index (χ2n) is 9.49. The van der Waals surface area contributed by atoms with E-state index in [9.17, 15) is 4.79 Å². The van der Waals surface area contributed by atoms with Crippen molar-refractivity contribution in [2.24, 2.45) is 40.4 Å². The van der Waals surface area contributed by atoms with Gasteiger partial charge in [0.15, 0.2) is 5.78 Å². The van der Waals surface area contributed by atoms with Crippen LogP contribution in [0.4, 0.5) is 0 Å². The van der Waals surface area contributed by atoms with E-state index >= 15 is 0 Å². The fraction of sp³-hybridized carbons (Fsp3) is 0.773. The smallest absolute Gasteiger partial charge is 0.156 e. The number of hydrogen-bond acceptors (Lipinski definition) is 1. The quantitative estimate of drug-likeness (QED) is 0.532. The number of carbonyl (C=O) groups is 1. The van der Waals surface area contributed by atoms with Gasteiger partial charge in [-0.2, -0.15) is 0 Å². The van der Waals surface area contributed by atoms with Gasteiger partial charge in [-0.25, -0.2) is 0 Å². The molecule has 0 bridgehead atoms. The molecular formula is C22H31BrO. The molecular weight excluding hydrogens is 360 g/mol. The summed E-state index contributed by atoms with van der Waals surface area (Å²) in [7, 11) is 0. The molecule has 2 heteroatoms. The van der Waals surface area contributed by atoms with E-state index in [-0.39, 0.29) is 5.41 Å². The van der Waals surface area contributed by atoms with E-state index in [0.717, 1.165) is 47.8 Å². The Bertz CT molecular complexity index is 605. The lowest BCUT2D eigenvalue weighted by atomic mass is 9.48. The molecule has 0 aromatic carbocycles. The number of rotatable bonds is 2. The highest BCUT2D eigenvalue weighted by Gasteiger charge is 2.58. The van der Waals surface area contributed by atoms with E-state index in [4.69, 9.17) is 0 Å². The Kier molecular flexibility index (Phi) is 4.14. The lowest BCUT2D eigenvalue weighted by molar-refractivity contribution is -0.116. The van der Waals surface area contributed by atoms with Crippen LogP contribution in [0.1, 0.15) is 59.3 Å². The Balaban J connectivity index is 1.68. The first kappa shape index (κ1) is 17.1. The van der Waals surface area contributed by atoms with Crippen LogP contribution in [-0.4, -0.2) is 11.1 Å². The molecule has 0 saturated heterocycles. The van der Waals surface area contributed by atoms with E-state index < -0.39 is 0 Å². The molecule has 4 aliphatic rings. The maximum atomic E-state index is 11.9. The molecule has 2 saturated carbocycles. The third kappa shape index (κ3) is 2.27. The molecule has 0 aromatic rings. The Hall–Kier alpha value is -0.370. The van der Waals surface area contributed by atoms with Gasteiger partial charge in [-0.3, -0.25) is 4.79 Å². The van der Waals surface area contributed by atoms with E-state index in [0.29, 0.717) is 11.2 Å². The van der Waals surface area contributed by atoms with Crippen LogP contribution in [-0.2, 0) is 4.79 Å². The standard InChI is InChI=1S/C22H31BrO/c1-14(13-23)18-6-7-19-17-5-4-15-12-16(24)8-10-21(15,2)20(17)9-11-22(18,19)3/h4-5,12,14,17-20H,6-11,13H2,1-3H3/t14?,17-,18+,19-,20-,21-,22+/m0/s1. The first-order valence-corrected chi connectivity index (χ1v) is 11.0. The summed E-state index contributed by atoms with van der Waals surface area (Å²) >= 11 is 3.74. The van der Waals surface area contributed by atoms with Crippen LogP contribution in [0.3, 0.4) is 0 Å². The van der Waals surface area contributed by atoms with Crippen molar-refractivity contribution in [3.8, 4) is 0 Å². The van der Waals surface area contributed by atoms with Crippen molar-refractivity contribution in [2.45, 2.75) is 59.3 Å². The molecule has 2 fully saturated rings. The van der Waals surface area contributed by atoms with E-state index in [1.807, 2.05) is 6.08 Å². The average molecular weight is 391 g/mol. The molecule has 0 amide bonds. The minimum Gasteiger partial charge on any atom is -0.295 e. The Morgan fingerprint density at radius 3 is 2.75 bits per heavy atom. The number of fused-ring (bicyclic) bond motifs is 5. The van der Waals surface area contributed by atoms with Crippen molar-refractivity contribution in [1.82, 2.24) is 0 Å². The maximum Gasteiger partial charge on any atom is 0.156 e. The normalized spacial score (nSPS) is 48.3. The summed E-state index contributed by atoms with van der Waals surface area (Å²) in [6.45, 7) is 7.48. The number of allylic oxidation sites excluding steroid dienone is 4. The molecule has 7 atom stereocenters. The van der Waals surface area contributed by atoms with Crippen LogP contribution in [0.25, 0.3) is 0 Å². The summed E-state index contributed by atoms with van der Waals surface area (Å²) in [6, 6.07) is 0. The highest BCUT2D eigenvalue weighted by molar-refractivity contribution is 9.09. The Morgan fingerprint density at radius 2 is 2.00 bits per heavy atom. The molecule has 4 rings (SSSR count). The SMILES string of the molecule is CC(CBr)[C@H]1CC[C@H]2[C@@H]3C=CC4=CC(=O)CC[C@]4(C)[C@H]3CC[C@]12C. The average Bonchev–Trinajstić information content (AvgIpc) is 2.92. The van der Waals surface area contributed by atoms with Gasteiger partial charge in [-0.1, -0.05) is 48.9 Å². The summed E-state index contributed by atoms with van der Waals surface area (Å²) in [6.07, 6.45) is 14.1. The van der Waals surface area contributed by atoms with Gasteiger partial charge in [0, 0.05) is 11.8 Å². The van der Waals surface area contributed by atoms with Gasteiger partial charge in [-0.05, 0) is 84.2 Å². The third-order valence-electron chi connectivity index (χ3n) is 8.52. The van der Waals surface area contributed by atoms with Gasteiger partial charge < -0.3 is 0 Å². The first-order valence-electron chi connectivity index (χ1n) is 9.89. The molecule has 132 valence electrons. The molecule has 0 N–H and O–H groups in total. The van der Waals surface area contributed by atoms with Crippen LogP contribution in [0, 0.1) is 40.4 Å². The van der Waals surface area contributed by atoms with Gasteiger partial charge in [-0.15, -0.1) is 0 Å². The first-order chi connectivity index (χ1) is 11.4. The van der Waals surface area contributed by atoms with E-state index in [1.54, 1.807) is 0 Å². The summed E-state index contributed by atoms with van der Waals surface area (Å²) < 4.78 is 0. The lowest BCUT2D eigenvalue weighted by Crippen LogP contribution is -2.49. The minimum absolute atomic E-state index is 0.244. The molecule has 1 unspecified atom stereocenters. The van der Waals surface area contributed by atoms with Crippen molar-refractivity contribution in [3.05, 3.63) is 23.8 Å². The fourth-order valence-electron chi connectivity index (χ4n) is 7.08. The summed E-state index contributed by atoms with van der Waals surface area (Å²) in [5.41, 5.74) is 2.08. The predicted octanol–water partition coefficient (Wildman–Crippen LogP) is 5.94. The summed E-state index contributed by atoms with van der Waals surface area (Å²) in [4.78, 5) is 11.9. The zero-order valence-corrected chi connectivity index (χ0v) is 16.9. The molecule has 0 aromatic heterocycles. The largest absolute Gasteiger partial charge is 0.295 e. The van der Waals surface area contributed by atoms with Crippen LogP contribution in [0.5, 0.6) is 0 Å². The Labute approximate surface area is 155 Å². The Morgan fingerprint density at radius 1 is 1.21 bits per heavy atom. The molecule has 0 aliphatic heterocycles. The molecule has 0 spiro atoms. The van der Waals surface area contributed by atoms with Gasteiger partial charge >= 0.3 is 0 Å². The van der Waals surface area contributed by atoms with Crippen LogP contribution in [0.15, 0.2) is 23.8 Å². The topological polar surface area (TPSA) is 17.1 Å². The predicted molar refractivity (Wildman–Crippen MR) is 103 cm³/mol. The van der Waals surface area contributed by atoms with Crippen molar-refractivity contribution >= 4 is 21.7 Å². The number of ketones is 1. The van der Waals surface area contributed by atoms with Crippen molar-refractivity contribution in [1.29, 1.82) is 0 Å². The van der Waals surface area contributed by atoms with Crippen LogP contribution in [0.2, 0.25) is 0 Å². The van der Waals surface area contributed by atoms with Crippen LogP contribution >= 0.6 is 15.9 Å². The van der Waals surface area contributed by atoms with Gasteiger partial charge in [0.2, 0.25) is 0 Å². The lowest BCUT2D eigenvalue weighted by Gasteiger charge is -2.56. The van der Waals surface area contributed by atoms with Crippen molar-refractivity contribution < 1.29 is 4.79 Å². The van der Waals surface area contributed by atoms with Gasteiger partial charge in [0.05, 0.1) is 0 Å². The molecule has 4 aliphatic carbocycles. The second kappa shape index (κ2) is 5.83. The third-order valence-corrected chi connectivity index (χ3v) is 9.54. The number of halogens is 1. The van der Waals surface area contributed by atoms with Crippen molar-refractivity contribution in [3.63, 3.8) is 0 Å². The zero-order valence-electron chi connectivity index (χ0n) is 15.4. The van der Waals surface area contributed by atoms with E-state index in [2.05, 4.69) is 48.9 Å². The van der Waals surface area contributed by atoms with Crippen molar-refractivity contribution in [2.75, 3.05) is 5.33 Å². The second-order valence-corrected chi connectivity index (χ2v) is 10.1.